The molecule has 2 unspecified atom stereocenters. The molecule has 0 aromatic rings. The third-order valence-electron chi connectivity index (χ3n) is 2.65. The van der Waals surface area contributed by atoms with Gasteiger partial charge in [0.25, 0.3) is 0 Å². The Morgan fingerprint density at radius 2 is 2.13 bits per heavy atom. The van der Waals surface area contributed by atoms with Crippen molar-refractivity contribution in [1.29, 1.82) is 0 Å². The van der Waals surface area contributed by atoms with Crippen LogP contribution in [0, 0.1) is 5.92 Å². The lowest BCUT2D eigenvalue weighted by Crippen LogP contribution is -2.44. The standard InChI is InChI=1S/C11H18N2O2/c1-4-5-10(14)13-7-8(2)6-9(13)11(15)12-3/h4-5,8-9H,6-7H2,1-3H3,(H,12,15)/b5-4+. The number of allylic oxidation sites excluding steroid dienone is 1. The number of carbonyl (C=O) groups excluding carboxylic acids is 2. The summed E-state index contributed by atoms with van der Waals surface area (Å²) in [6.07, 6.45) is 3.96. The van der Waals surface area contributed by atoms with Crippen LogP contribution in [-0.2, 0) is 9.59 Å². The predicted molar refractivity (Wildman–Crippen MR) is 58.2 cm³/mol. The Kier molecular flexibility index (Phi) is 3.88. The van der Waals surface area contributed by atoms with Gasteiger partial charge in [-0.25, -0.2) is 0 Å². The smallest absolute Gasteiger partial charge is 0.246 e. The number of hydrogen-bond acceptors (Lipinski definition) is 2. The van der Waals surface area contributed by atoms with Gasteiger partial charge >= 0.3 is 0 Å². The lowest BCUT2D eigenvalue weighted by molar-refractivity contribution is -0.134. The topological polar surface area (TPSA) is 49.4 Å². The molecule has 0 radical (unpaired) electrons. The van der Waals surface area contributed by atoms with Crippen LogP contribution in [-0.4, -0.2) is 36.3 Å². The Morgan fingerprint density at radius 1 is 1.47 bits per heavy atom. The van der Waals surface area contributed by atoms with E-state index in [4.69, 9.17) is 0 Å². The Hall–Kier alpha value is -1.32. The van der Waals surface area contributed by atoms with Gasteiger partial charge in [0, 0.05) is 13.6 Å². The highest BCUT2D eigenvalue weighted by atomic mass is 16.2. The maximum absolute atomic E-state index is 11.7. The quantitative estimate of drug-likeness (QED) is 0.676. The van der Waals surface area contributed by atoms with Crippen LogP contribution in [0.15, 0.2) is 12.2 Å². The van der Waals surface area contributed by atoms with Gasteiger partial charge in [0.15, 0.2) is 0 Å². The lowest BCUT2D eigenvalue weighted by Gasteiger charge is -2.21. The van der Waals surface area contributed by atoms with Gasteiger partial charge in [-0.3, -0.25) is 9.59 Å². The summed E-state index contributed by atoms with van der Waals surface area (Å²) in [7, 11) is 1.60. The van der Waals surface area contributed by atoms with Crippen LogP contribution in [0.4, 0.5) is 0 Å². The second kappa shape index (κ2) is 4.96. The molecule has 0 saturated carbocycles. The minimum Gasteiger partial charge on any atom is -0.357 e. The number of hydrogen-bond donors (Lipinski definition) is 1. The summed E-state index contributed by atoms with van der Waals surface area (Å²) >= 11 is 0. The van der Waals surface area contributed by atoms with Gasteiger partial charge in [0.05, 0.1) is 0 Å². The maximum atomic E-state index is 11.7. The zero-order valence-electron chi connectivity index (χ0n) is 9.49. The molecule has 0 spiro atoms. The molecule has 2 atom stereocenters. The first-order valence-electron chi connectivity index (χ1n) is 5.25. The molecule has 84 valence electrons. The molecule has 2 amide bonds. The molecule has 0 aliphatic carbocycles. The molecular weight excluding hydrogens is 192 g/mol. The van der Waals surface area contributed by atoms with Crippen LogP contribution in [0.5, 0.6) is 0 Å². The normalized spacial score (nSPS) is 25.9. The predicted octanol–water partition coefficient (Wildman–Crippen LogP) is 0.545. The Bertz CT molecular complexity index is 286. The van der Waals surface area contributed by atoms with Crippen molar-refractivity contribution in [1.82, 2.24) is 10.2 Å². The molecule has 1 saturated heterocycles. The van der Waals surface area contributed by atoms with E-state index in [0.29, 0.717) is 12.5 Å². The summed E-state index contributed by atoms with van der Waals surface area (Å²) in [4.78, 5) is 24.9. The fourth-order valence-corrected chi connectivity index (χ4v) is 1.94. The summed E-state index contributed by atoms with van der Waals surface area (Å²) in [6, 6.07) is -0.298. The average Bonchev–Trinajstić information content (AvgIpc) is 2.59. The van der Waals surface area contributed by atoms with Gasteiger partial charge in [-0.15, -0.1) is 0 Å². The summed E-state index contributed by atoms with van der Waals surface area (Å²) < 4.78 is 0. The van der Waals surface area contributed by atoms with Crippen molar-refractivity contribution in [2.75, 3.05) is 13.6 Å². The second-order valence-corrected chi connectivity index (χ2v) is 3.96. The van der Waals surface area contributed by atoms with Crippen molar-refractivity contribution in [3.05, 3.63) is 12.2 Å². The number of rotatable bonds is 2. The highest BCUT2D eigenvalue weighted by Crippen LogP contribution is 2.23. The van der Waals surface area contributed by atoms with E-state index < -0.39 is 0 Å². The SMILES string of the molecule is C/C=C/C(=O)N1CC(C)CC1C(=O)NC. The lowest BCUT2D eigenvalue weighted by atomic mass is 10.1. The van der Waals surface area contributed by atoms with Crippen molar-refractivity contribution in [3.8, 4) is 0 Å². The zero-order chi connectivity index (χ0) is 11.4. The van der Waals surface area contributed by atoms with Crippen molar-refractivity contribution in [3.63, 3.8) is 0 Å². The van der Waals surface area contributed by atoms with E-state index in [2.05, 4.69) is 12.2 Å². The van der Waals surface area contributed by atoms with E-state index in [-0.39, 0.29) is 17.9 Å². The van der Waals surface area contributed by atoms with Gasteiger partial charge in [-0.05, 0) is 25.3 Å². The van der Waals surface area contributed by atoms with E-state index in [0.717, 1.165) is 6.42 Å². The van der Waals surface area contributed by atoms with Gasteiger partial charge in [-0.1, -0.05) is 13.0 Å². The Labute approximate surface area is 90.3 Å². The first-order chi connectivity index (χ1) is 7.10. The first-order valence-corrected chi connectivity index (χ1v) is 5.25. The number of nitrogens with zero attached hydrogens (tertiary/aromatic N) is 1. The van der Waals surface area contributed by atoms with Gasteiger partial charge in [0.2, 0.25) is 11.8 Å². The van der Waals surface area contributed by atoms with Crippen LogP contribution < -0.4 is 5.32 Å². The van der Waals surface area contributed by atoms with Crippen LogP contribution in [0.25, 0.3) is 0 Å². The number of likely N-dealkylation sites (N-methyl/N-ethyl adjacent to an activating group) is 1. The van der Waals surface area contributed by atoms with Crippen molar-refractivity contribution < 1.29 is 9.59 Å². The fourth-order valence-electron chi connectivity index (χ4n) is 1.94. The van der Waals surface area contributed by atoms with Crippen LogP contribution in [0.1, 0.15) is 20.3 Å². The number of amides is 2. The molecule has 15 heavy (non-hydrogen) atoms. The minimum atomic E-state index is -0.298. The van der Waals surface area contributed by atoms with Crippen molar-refractivity contribution >= 4 is 11.8 Å². The molecule has 1 aliphatic rings. The third kappa shape index (κ3) is 2.58. The highest BCUT2D eigenvalue weighted by Gasteiger charge is 2.36. The van der Waals surface area contributed by atoms with E-state index >= 15 is 0 Å². The molecule has 0 aromatic carbocycles. The van der Waals surface area contributed by atoms with Gasteiger partial charge < -0.3 is 10.2 Å². The van der Waals surface area contributed by atoms with Crippen LogP contribution in [0.3, 0.4) is 0 Å². The van der Waals surface area contributed by atoms with E-state index in [9.17, 15) is 9.59 Å². The van der Waals surface area contributed by atoms with Crippen LogP contribution in [0.2, 0.25) is 0 Å². The fraction of sp³-hybridized carbons (Fsp3) is 0.636. The Morgan fingerprint density at radius 3 is 2.67 bits per heavy atom. The maximum Gasteiger partial charge on any atom is 0.246 e. The first kappa shape index (κ1) is 11.8. The van der Waals surface area contributed by atoms with Gasteiger partial charge in [0.1, 0.15) is 6.04 Å². The summed E-state index contributed by atoms with van der Waals surface area (Å²) in [5.41, 5.74) is 0. The number of carbonyl (C=O) groups is 2. The average molecular weight is 210 g/mol. The monoisotopic (exact) mass is 210 g/mol. The second-order valence-electron chi connectivity index (χ2n) is 3.96. The van der Waals surface area contributed by atoms with Gasteiger partial charge in [-0.2, -0.15) is 0 Å². The van der Waals surface area contributed by atoms with Crippen molar-refractivity contribution in [2.45, 2.75) is 26.3 Å². The molecule has 1 N–H and O–H groups in total. The summed E-state index contributed by atoms with van der Waals surface area (Å²) in [5, 5.41) is 2.60. The molecule has 1 rings (SSSR count). The van der Waals surface area contributed by atoms with Crippen molar-refractivity contribution in [2.24, 2.45) is 5.92 Å². The van der Waals surface area contributed by atoms with E-state index in [1.807, 2.05) is 0 Å². The summed E-state index contributed by atoms with van der Waals surface area (Å²) in [6.45, 7) is 4.52. The minimum absolute atomic E-state index is 0.0720. The number of likely N-dealkylation sites (tertiary alicyclic amines) is 1. The molecule has 1 aliphatic heterocycles. The molecule has 0 bridgehead atoms. The van der Waals surface area contributed by atoms with Crippen LogP contribution >= 0.6 is 0 Å². The zero-order valence-corrected chi connectivity index (χ0v) is 9.49. The number of nitrogens with one attached hydrogen (secondary N) is 1. The van der Waals surface area contributed by atoms with E-state index in [1.165, 1.54) is 6.08 Å². The van der Waals surface area contributed by atoms with E-state index in [1.54, 1.807) is 24.9 Å². The summed E-state index contributed by atoms with van der Waals surface area (Å²) in [5.74, 6) is 0.245. The Balaban J connectivity index is 2.77. The highest BCUT2D eigenvalue weighted by molar-refractivity contribution is 5.93. The molecule has 4 heteroatoms. The molecule has 0 aromatic heterocycles. The largest absolute Gasteiger partial charge is 0.357 e. The third-order valence-corrected chi connectivity index (χ3v) is 2.65. The molecule has 4 nitrogen and oxygen atoms in total. The molecule has 1 heterocycles. The molecule has 1 fully saturated rings. The molecular formula is C11H18N2O2.